The Hall–Kier alpha value is -1.35. The maximum atomic E-state index is 4.40. The largest absolute Gasteiger partial charge is 0.309 e. The average molecular weight is 247 g/mol. The van der Waals surface area contributed by atoms with Crippen LogP contribution < -0.4 is 5.43 Å². The molecule has 100 valence electrons. The van der Waals surface area contributed by atoms with Crippen molar-refractivity contribution in [3.63, 3.8) is 0 Å². The Kier molecular flexibility index (Phi) is 7.11. The lowest BCUT2D eigenvalue weighted by Crippen LogP contribution is -2.30. The first kappa shape index (κ1) is 14.7. The molecular formula is C15H25N3. The average Bonchev–Trinajstić information content (AvgIpc) is 2.40. The third-order valence-electron chi connectivity index (χ3n) is 3.01. The lowest BCUT2D eigenvalue weighted by atomic mass is 10.1. The van der Waals surface area contributed by atoms with E-state index in [-0.39, 0.29) is 0 Å². The summed E-state index contributed by atoms with van der Waals surface area (Å²) >= 11 is 0. The van der Waals surface area contributed by atoms with E-state index in [0.29, 0.717) is 0 Å². The van der Waals surface area contributed by atoms with Gasteiger partial charge in [-0.1, -0.05) is 44.2 Å². The number of rotatable bonds is 8. The fraction of sp³-hybridized carbons (Fsp3) is 0.533. The molecule has 1 N–H and O–H groups in total. The summed E-state index contributed by atoms with van der Waals surface area (Å²) in [6, 6.07) is 10.4. The molecular weight excluding hydrogens is 222 g/mol. The molecule has 0 fully saturated rings. The van der Waals surface area contributed by atoms with Gasteiger partial charge in [0.2, 0.25) is 0 Å². The highest BCUT2D eigenvalue weighted by Gasteiger charge is 1.97. The number of nitrogens with one attached hydrogen (secondary N) is 1. The van der Waals surface area contributed by atoms with Gasteiger partial charge in [0.05, 0.1) is 0 Å². The molecule has 3 heteroatoms. The summed E-state index contributed by atoms with van der Waals surface area (Å²) in [4.78, 5) is 2.38. The van der Waals surface area contributed by atoms with Crippen molar-refractivity contribution >= 4 is 5.71 Å². The van der Waals surface area contributed by atoms with Gasteiger partial charge in [0.25, 0.3) is 0 Å². The molecule has 0 aromatic heterocycles. The maximum Gasteiger partial charge on any atom is 0.0457 e. The standard InChI is InChI=1S/C15H25N3/c1-4-18(5-2)12-11-16-17-14(3)13-15-9-7-6-8-10-15/h6-10,16H,4-5,11-13H2,1-3H3/b17-14+. The summed E-state index contributed by atoms with van der Waals surface area (Å²) in [6.45, 7) is 10.6. The van der Waals surface area contributed by atoms with Crippen LogP contribution in [0.4, 0.5) is 0 Å². The molecule has 0 aliphatic heterocycles. The van der Waals surface area contributed by atoms with E-state index in [9.17, 15) is 0 Å². The quantitative estimate of drug-likeness (QED) is 0.434. The number of hydrogen-bond acceptors (Lipinski definition) is 3. The zero-order valence-corrected chi connectivity index (χ0v) is 11.8. The molecule has 1 aromatic rings. The van der Waals surface area contributed by atoms with E-state index in [0.717, 1.165) is 38.3 Å². The van der Waals surface area contributed by atoms with E-state index in [1.807, 2.05) is 6.07 Å². The summed E-state index contributed by atoms with van der Waals surface area (Å²) < 4.78 is 0. The summed E-state index contributed by atoms with van der Waals surface area (Å²) in [5, 5.41) is 4.40. The minimum atomic E-state index is 0.911. The van der Waals surface area contributed by atoms with Crippen molar-refractivity contribution < 1.29 is 0 Å². The van der Waals surface area contributed by atoms with Crippen LogP contribution in [0.1, 0.15) is 26.3 Å². The zero-order valence-electron chi connectivity index (χ0n) is 11.8. The number of likely N-dealkylation sites (N-methyl/N-ethyl adjacent to an activating group) is 1. The van der Waals surface area contributed by atoms with Crippen LogP contribution in [-0.2, 0) is 6.42 Å². The molecule has 0 saturated heterocycles. The molecule has 0 saturated carbocycles. The number of benzene rings is 1. The van der Waals surface area contributed by atoms with Gasteiger partial charge in [-0.05, 0) is 25.6 Å². The van der Waals surface area contributed by atoms with E-state index in [1.54, 1.807) is 0 Å². The Morgan fingerprint density at radius 1 is 1.17 bits per heavy atom. The summed E-state index contributed by atoms with van der Waals surface area (Å²) in [5.74, 6) is 0. The highest BCUT2D eigenvalue weighted by Crippen LogP contribution is 2.00. The van der Waals surface area contributed by atoms with E-state index in [2.05, 4.69) is 60.5 Å². The van der Waals surface area contributed by atoms with Gasteiger partial charge in [-0.3, -0.25) is 0 Å². The highest BCUT2D eigenvalue weighted by molar-refractivity contribution is 5.83. The van der Waals surface area contributed by atoms with Crippen LogP contribution in [0, 0.1) is 0 Å². The fourth-order valence-corrected chi connectivity index (χ4v) is 1.87. The molecule has 0 heterocycles. The van der Waals surface area contributed by atoms with Crippen molar-refractivity contribution in [3.05, 3.63) is 35.9 Å². The fourth-order valence-electron chi connectivity index (χ4n) is 1.87. The van der Waals surface area contributed by atoms with Crippen molar-refractivity contribution in [1.82, 2.24) is 10.3 Å². The third kappa shape index (κ3) is 5.82. The molecule has 0 aliphatic carbocycles. The van der Waals surface area contributed by atoms with Crippen LogP contribution >= 0.6 is 0 Å². The lowest BCUT2D eigenvalue weighted by molar-refractivity contribution is 0.303. The predicted molar refractivity (Wildman–Crippen MR) is 79.0 cm³/mol. The molecule has 0 unspecified atom stereocenters. The van der Waals surface area contributed by atoms with Crippen LogP contribution in [0.5, 0.6) is 0 Å². The van der Waals surface area contributed by atoms with E-state index >= 15 is 0 Å². The molecule has 0 atom stereocenters. The second kappa shape index (κ2) is 8.70. The molecule has 1 aromatic carbocycles. The monoisotopic (exact) mass is 247 g/mol. The topological polar surface area (TPSA) is 27.6 Å². The van der Waals surface area contributed by atoms with E-state index in [4.69, 9.17) is 0 Å². The van der Waals surface area contributed by atoms with Crippen molar-refractivity contribution in [2.24, 2.45) is 5.10 Å². The third-order valence-corrected chi connectivity index (χ3v) is 3.01. The summed E-state index contributed by atoms with van der Waals surface area (Å²) in [7, 11) is 0. The molecule has 3 nitrogen and oxygen atoms in total. The second-order valence-electron chi connectivity index (χ2n) is 4.44. The number of hydrogen-bond donors (Lipinski definition) is 1. The molecule has 0 bridgehead atoms. The van der Waals surface area contributed by atoms with E-state index < -0.39 is 0 Å². The summed E-state index contributed by atoms with van der Waals surface area (Å²) in [6.07, 6.45) is 0.916. The van der Waals surface area contributed by atoms with Crippen LogP contribution in [-0.4, -0.2) is 36.8 Å². The molecule has 1 rings (SSSR count). The molecule has 0 aliphatic rings. The van der Waals surface area contributed by atoms with Crippen LogP contribution in [0.3, 0.4) is 0 Å². The highest BCUT2D eigenvalue weighted by atomic mass is 15.3. The van der Waals surface area contributed by atoms with Crippen LogP contribution in [0.2, 0.25) is 0 Å². The molecule has 0 amide bonds. The van der Waals surface area contributed by atoms with Gasteiger partial charge < -0.3 is 10.3 Å². The van der Waals surface area contributed by atoms with Gasteiger partial charge >= 0.3 is 0 Å². The maximum absolute atomic E-state index is 4.40. The lowest BCUT2D eigenvalue weighted by Gasteiger charge is -2.17. The van der Waals surface area contributed by atoms with Gasteiger partial charge in [-0.25, -0.2) is 0 Å². The van der Waals surface area contributed by atoms with Crippen molar-refractivity contribution in [2.45, 2.75) is 27.2 Å². The first-order chi connectivity index (χ1) is 8.76. The van der Waals surface area contributed by atoms with Gasteiger partial charge in [-0.2, -0.15) is 5.10 Å². The van der Waals surface area contributed by atoms with Gasteiger partial charge in [0, 0.05) is 25.2 Å². The van der Waals surface area contributed by atoms with Crippen LogP contribution in [0.15, 0.2) is 35.4 Å². The van der Waals surface area contributed by atoms with Crippen molar-refractivity contribution in [1.29, 1.82) is 0 Å². The Balaban J connectivity index is 2.26. The van der Waals surface area contributed by atoms with Crippen LogP contribution in [0.25, 0.3) is 0 Å². The second-order valence-corrected chi connectivity index (χ2v) is 4.44. The Bertz CT molecular complexity index is 342. The molecule has 18 heavy (non-hydrogen) atoms. The van der Waals surface area contributed by atoms with Gasteiger partial charge in [0.15, 0.2) is 0 Å². The molecule has 0 radical (unpaired) electrons. The smallest absolute Gasteiger partial charge is 0.0457 e. The predicted octanol–water partition coefficient (Wildman–Crippen LogP) is 2.54. The minimum Gasteiger partial charge on any atom is -0.309 e. The number of hydrazone groups is 1. The Morgan fingerprint density at radius 3 is 2.44 bits per heavy atom. The zero-order chi connectivity index (χ0) is 13.2. The van der Waals surface area contributed by atoms with Gasteiger partial charge in [0.1, 0.15) is 0 Å². The van der Waals surface area contributed by atoms with E-state index in [1.165, 1.54) is 5.56 Å². The summed E-state index contributed by atoms with van der Waals surface area (Å²) in [5.41, 5.74) is 5.59. The van der Waals surface area contributed by atoms with Crippen molar-refractivity contribution in [2.75, 3.05) is 26.2 Å². The molecule has 0 spiro atoms. The SMILES string of the molecule is CCN(CC)CCN/N=C(\C)Cc1ccccc1. The Labute approximate surface area is 111 Å². The minimum absolute atomic E-state index is 0.911. The van der Waals surface area contributed by atoms with Gasteiger partial charge in [-0.15, -0.1) is 0 Å². The Morgan fingerprint density at radius 2 is 1.83 bits per heavy atom. The first-order valence-electron chi connectivity index (χ1n) is 6.78. The van der Waals surface area contributed by atoms with Crippen molar-refractivity contribution in [3.8, 4) is 0 Å². The first-order valence-corrected chi connectivity index (χ1v) is 6.78. The number of nitrogens with zero attached hydrogens (tertiary/aromatic N) is 2. The normalized spacial score (nSPS) is 11.9.